The van der Waals surface area contributed by atoms with Crippen molar-refractivity contribution in [3.05, 3.63) is 66.2 Å². The molecule has 0 saturated heterocycles. The SMILES string of the molecule is O=C(/C(=N/Nc1ccccc1)c1ccccc1)C(F)F. The molecule has 20 heavy (non-hydrogen) atoms. The predicted octanol–water partition coefficient (Wildman–Crippen LogP) is 3.34. The molecule has 102 valence electrons. The molecule has 0 fully saturated rings. The van der Waals surface area contributed by atoms with Crippen LogP contribution in [-0.4, -0.2) is 17.9 Å². The van der Waals surface area contributed by atoms with E-state index >= 15 is 0 Å². The van der Waals surface area contributed by atoms with Gasteiger partial charge in [0.25, 0.3) is 0 Å². The number of hydrazone groups is 1. The van der Waals surface area contributed by atoms with Crippen LogP contribution in [0.25, 0.3) is 0 Å². The van der Waals surface area contributed by atoms with E-state index in [2.05, 4.69) is 10.5 Å². The lowest BCUT2D eigenvalue weighted by Crippen LogP contribution is -2.24. The lowest BCUT2D eigenvalue weighted by molar-refractivity contribution is -0.122. The van der Waals surface area contributed by atoms with Gasteiger partial charge in [-0.05, 0) is 12.1 Å². The summed E-state index contributed by atoms with van der Waals surface area (Å²) in [5.74, 6) is -1.31. The summed E-state index contributed by atoms with van der Waals surface area (Å²) in [4.78, 5) is 11.5. The fourth-order valence-electron chi connectivity index (χ4n) is 1.59. The molecule has 2 aromatic rings. The average Bonchev–Trinajstić information content (AvgIpc) is 2.49. The highest BCUT2D eigenvalue weighted by atomic mass is 19.3. The zero-order valence-corrected chi connectivity index (χ0v) is 10.5. The van der Waals surface area contributed by atoms with Crippen molar-refractivity contribution < 1.29 is 13.6 Å². The number of rotatable bonds is 5. The molecule has 1 N–H and O–H groups in total. The van der Waals surface area contributed by atoms with Crippen LogP contribution < -0.4 is 5.43 Å². The lowest BCUT2D eigenvalue weighted by Gasteiger charge is -2.06. The van der Waals surface area contributed by atoms with Gasteiger partial charge in [-0.1, -0.05) is 48.5 Å². The molecule has 0 aliphatic carbocycles. The number of anilines is 1. The number of nitrogens with one attached hydrogen (secondary N) is 1. The molecule has 0 radical (unpaired) electrons. The molecule has 2 rings (SSSR count). The second-order valence-electron chi connectivity index (χ2n) is 3.97. The first-order chi connectivity index (χ1) is 9.68. The first-order valence-corrected chi connectivity index (χ1v) is 5.95. The van der Waals surface area contributed by atoms with Gasteiger partial charge in [-0.15, -0.1) is 0 Å². The Balaban J connectivity index is 2.30. The number of alkyl halides is 2. The van der Waals surface area contributed by atoms with Gasteiger partial charge < -0.3 is 0 Å². The highest BCUT2D eigenvalue weighted by Gasteiger charge is 2.23. The molecule has 3 nitrogen and oxygen atoms in total. The summed E-state index contributed by atoms with van der Waals surface area (Å²) < 4.78 is 25.3. The first kappa shape index (κ1) is 13.9. The Morgan fingerprint density at radius 2 is 1.50 bits per heavy atom. The Morgan fingerprint density at radius 3 is 2.05 bits per heavy atom. The van der Waals surface area contributed by atoms with Gasteiger partial charge in [0, 0.05) is 5.56 Å². The molecule has 0 amide bonds. The number of halogens is 2. The van der Waals surface area contributed by atoms with E-state index in [-0.39, 0.29) is 5.71 Å². The third-order valence-corrected chi connectivity index (χ3v) is 2.55. The molecular formula is C15H12F2N2O. The van der Waals surface area contributed by atoms with Crippen molar-refractivity contribution in [3.63, 3.8) is 0 Å². The molecule has 5 heteroatoms. The Labute approximate surface area is 114 Å². The minimum atomic E-state index is -3.09. The number of hydrogen-bond acceptors (Lipinski definition) is 3. The van der Waals surface area contributed by atoms with Gasteiger partial charge in [-0.2, -0.15) is 5.10 Å². The Kier molecular flexibility index (Phi) is 4.55. The van der Waals surface area contributed by atoms with Gasteiger partial charge in [0.1, 0.15) is 5.71 Å². The van der Waals surface area contributed by atoms with E-state index in [1.807, 2.05) is 6.07 Å². The topological polar surface area (TPSA) is 41.5 Å². The summed E-state index contributed by atoms with van der Waals surface area (Å²) in [6.45, 7) is 0. The number of benzene rings is 2. The lowest BCUT2D eigenvalue weighted by atomic mass is 10.1. The third kappa shape index (κ3) is 3.47. The molecular weight excluding hydrogens is 262 g/mol. The molecule has 2 aromatic carbocycles. The van der Waals surface area contributed by atoms with Crippen molar-refractivity contribution in [1.29, 1.82) is 0 Å². The molecule has 0 unspecified atom stereocenters. The monoisotopic (exact) mass is 274 g/mol. The Bertz CT molecular complexity index is 598. The summed E-state index contributed by atoms with van der Waals surface area (Å²) in [6, 6.07) is 17.0. The smallest absolute Gasteiger partial charge is 0.286 e. The van der Waals surface area contributed by atoms with E-state index in [9.17, 15) is 13.6 Å². The Hall–Kier alpha value is -2.56. The molecule has 0 aliphatic heterocycles. The van der Waals surface area contributed by atoms with Crippen molar-refractivity contribution in [2.75, 3.05) is 5.43 Å². The van der Waals surface area contributed by atoms with Crippen molar-refractivity contribution in [2.45, 2.75) is 6.43 Å². The van der Waals surface area contributed by atoms with Crippen LogP contribution in [0.15, 0.2) is 65.8 Å². The maximum Gasteiger partial charge on any atom is 0.302 e. The minimum absolute atomic E-state index is 0.288. The van der Waals surface area contributed by atoms with Gasteiger partial charge >= 0.3 is 6.43 Å². The van der Waals surface area contributed by atoms with E-state index in [0.717, 1.165) is 0 Å². The highest BCUT2D eigenvalue weighted by Crippen LogP contribution is 2.10. The van der Waals surface area contributed by atoms with E-state index in [4.69, 9.17) is 0 Å². The van der Waals surface area contributed by atoms with Crippen LogP contribution in [0, 0.1) is 0 Å². The average molecular weight is 274 g/mol. The zero-order chi connectivity index (χ0) is 14.4. The maximum absolute atomic E-state index is 12.6. The van der Waals surface area contributed by atoms with E-state index in [1.54, 1.807) is 54.6 Å². The van der Waals surface area contributed by atoms with Crippen LogP contribution in [-0.2, 0) is 4.79 Å². The van der Waals surface area contributed by atoms with Crippen LogP contribution in [0.2, 0.25) is 0 Å². The summed E-state index contributed by atoms with van der Waals surface area (Å²) in [6.07, 6.45) is -3.09. The van der Waals surface area contributed by atoms with Gasteiger partial charge in [0.05, 0.1) is 5.69 Å². The van der Waals surface area contributed by atoms with Crippen LogP contribution in [0.4, 0.5) is 14.5 Å². The van der Waals surface area contributed by atoms with Crippen LogP contribution in [0.3, 0.4) is 0 Å². The fourth-order valence-corrected chi connectivity index (χ4v) is 1.59. The number of para-hydroxylation sites is 1. The highest BCUT2D eigenvalue weighted by molar-refractivity contribution is 6.47. The summed E-state index contributed by atoms with van der Waals surface area (Å²) in [5, 5.41) is 3.82. The van der Waals surface area contributed by atoms with Crippen LogP contribution >= 0.6 is 0 Å². The number of carbonyl (C=O) groups excluding carboxylic acids is 1. The largest absolute Gasteiger partial charge is 0.302 e. The van der Waals surface area contributed by atoms with Crippen molar-refractivity contribution in [1.82, 2.24) is 0 Å². The van der Waals surface area contributed by atoms with Gasteiger partial charge in [-0.25, -0.2) is 8.78 Å². The zero-order valence-electron chi connectivity index (χ0n) is 10.5. The molecule has 0 spiro atoms. The Morgan fingerprint density at radius 1 is 0.950 bits per heavy atom. The molecule has 0 saturated carbocycles. The predicted molar refractivity (Wildman–Crippen MR) is 74.1 cm³/mol. The van der Waals surface area contributed by atoms with Crippen LogP contribution in [0.5, 0.6) is 0 Å². The minimum Gasteiger partial charge on any atom is -0.286 e. The molecule has 0 aliphatic rings. The van der Waals surface area contributed by atoms with Crippen molar-refractivity contribution >= 4 is 17.2 Å². The van der Waals surface area contributed by atoms with Crippen molar-refractivity contribution in [3.8, 4) is 0 Å². The van der Waals surface area contributed by atoms with Gasteiger partial charge in [0.2, 0.25) is 5.78 Å². The summed E-state index contributed by atoms with van der Waals surface area (Å²) in [5.41, 5.74) is 3.29. The summed E-state index contributed by atoms with van der Waals surface area (Å²) in [7, 11) is 0. The normalized spacial score (nSPS) is 11.4. The van der Waals surface area contributed by atoms with Gasteiger partial charge in [-0.3, -0.25) is 10.2 Å². The van der Waals surface area contributed by atoms with E-state index < -0.39 is 12.2 Å². The summed E-state index contributed by atoms with van der Waals surface area (Å²) >= 11 is 0. The first-order valence-electron chi connectivity index (χ1n) is 5.95. The molecule has 0 atom stereocenters. The number of nitrogens with zero attached hydrogens (tertiary/aromatic N) is 1. The quantitative estimate of drug-likeness (QED) is 0.671. The number of hydrogen-bond donors (Lipinski definition) is 1. The number of carbonyl (C=O) groups is 1. The second-order valence-corrected chi connectivity index (χ2v) is 3.97. The maximum atomic E-state index is 12.6. The second kappa shape index (κ2) is 6.56. The fraction of sp³-hybridized carbons (Fsp3) is 0.0667. The van der Waals surface area contributed by atoms with Crippen molar-refractivity contribution in [2.24, 2.45) is 5.10 Å². The number of Topliss-reactive ketones (excluding diaryl/α,β-unsaturated/α-hetero) is 1. The van der Waals surface area contributed by atoms with Gasteiger partial charge in [0.15, 0.2) is 0 Å². The molecule has 0 aromatic heterocycles. The van der Waals surface area contributed by atoms with E-state index in [1.165, 1.54) is 0 Å². The standard InChI is InChI=1S/C15H12F2N2O/c16-15(17)14(20)13(11-7-3-1-4-8-11)19-18-12-9-5-2-6-10-12/h1-10,15,18H/b19-13+. The van der Waals surface area contributed by atoms with Crippen LogP contribution in [0.1, 0.15) is 5.56 Å². The van der Waals surface area contributed by atoms with E-state index in [0.29, 0.717) is 11.3 Å². The number of ketones is 1. The molecule has 0 bridgehead atoms. The third-order valence-electron chi connectivity index (χ3n) is 2.55. The molecule has 0 heterocycles.